The van der Waals surface area contributed by atoms with Crippen molar-refractivity contribution in [1.82, 2.24) is 0 Å². The average molecular weight is 103 g/mol. The van der Waals surface area contributed by atoms with Crippen LogP contribution in [0.25, 0.3) is 0 Å². The second-order valence-electron chi connectivity index (χ2n) is 1.52. The van der Waals surface area contributed by atoms with Gasteiger partial charge in [0.25, 0.3) is 0 Å². The number of hydrogen-bond acceptors (Lipinski definition) is 3. The first kappa shape index (κ1) is 4.52. The van der Waals surface area contributed by atoms with Crippen LogP contribution in [0.15, 0.2) is 0 Å². The summed E-state index contributed by atoms with van der Waals surface area (Å²) < 4.78 is 4.48. The largest absolute Gasteiger partial charge is 0.342 e. The standard InChI is InChI=1S/C3H5NO3/c1-2-3(7-2)4(5)6/h2-3H,1H3. The van der Waals surface area contributed by atoms with Gasteiger partial charge in [-0.15, -0.1) is 0 Å². The molecule has 0 aromatic carbocycles. The first-order chi connectivity index (χ1) is 3.22. The van der Waals surface area contributed by atoms with Crippen LogP contribution in [0.2, 0.25) is 0 Å². The molecule has 0 saturated carbocycles. The van der Waals surface area contributed by atoms with E-state index in [1.807, 2.05) is 0 Å². The molecule has 0 aromatic heterocycles. The van der Waals surface area contributed by atoms with Crippen molar-refractivity contribution in [2.75, 3.05) is 0 Å². The molecule has 1 fully saturated rings. The summed E-state index contributed by atoms with van der Waals surface area (Å²) in [6.45, 7) is 1.67. The summed E-state index contributed by atoms with van der Waals surface area (Å²) in [4.78, 5) is 9.23. The van der Waals surface area contributed by atoms with Gasteiger partial charge in [-0.3, -0.25) is 10.1 Å². The van der Waals surface area contributed by atoms with Gasteiger partial charge in [-0.2, -0.15) is 0 Å². The number of nitro groups is 1. The molecule has 0 amide bonds. The average Bonchev–Trinajstić information content (AvgIpc) is 2.17. The number of ether oxygens (including phenoxy) is 1. The van der Waals surface area contributed by atoms with Crippen LogP contribution in [-0.2, 0) is 4.74 Å². The molecule has 4 heteroatoms. The molecular formula is C3H5NO3. The zero-order chi connectivity index (χ0) is 5.44. The highest BCUT2D eigenvalue weighted by atomic mass is 16.7. The van der Waals surface area contributed by atoms with Crippen molar-refractivity contribution < 1.29 is 9.66 Å². The van der Waals surface area contributed by atoms with Crippen molar-refractivity contribution in [3.05, 3.63) is 10.1 Å². The van der Waals surface area contributed by atoms with Gasteiger partial charge in [0, 0.05) is 0 Å². The lowest BCUT2D eigenvalue weighted by atomic mass is 10.5. The highest BCUT2D eigenvalue weighted by molar-refractivity contribution is 4.68. The Balaban J connectivity index is 2.33. The Kier molecular flexibility index (Phi) is 0.751. The lowest BCUT2D eigenvalue weighted by molar-refractivity contribution is -0.516. The maximum Gasteiger partial charge on any atom is 0.342 e. The van der Waals surface area contributed by atoms with Gasteiger partial charge >= 0.3 is 6.23 Å². The summed E-state index contributed by atoms with van der Waals surface area (Å²) in [6.07, 6.45) is -0.866. The highest BCUT2D eigenvalue weighted by Gasteiger charge is 2.46. The summed E-state index contributed by atoms with van der Waals surface area (Å²) in [5, 5.41) is 9.65. The Hall–Kier alpha value is -0.640. The van der Waals surface area contributed by atoms with Crippen LogP contribution in [-0.4, -0.2) is 17.3 Å². The van der Waals surface area contributed by atoms with E-state index in [1.165, 1.54) is 0 Å². The minimum Gasteiger partial charge on any atom is -0.302 e. The third-order valence-corrected chi connectivity index (χ3v) is 0.887. The Labute approximate surface area is 40.2 Å². The van der Waals surface area contributed by atoms with Crippen LogP contribution in [0.5, 0.6) is 0 Å². The third kappa shape index (κ3) is 0.691. The molecule has 7 heavy (non-hydrogen) atoms. The molecule has 0 aliphatic carbocycles. The monoisotopic (exact) mass is 103 g/mol. The number of epoxide rings is 1. The summed E-state index contributed by atoms with van der Waals surface area (Å²) >= 11 is 0. The molecule has 2 atom stereocenters. The lowest BCUT2D eigenvalue weighted by Crippen LogP contribution is -2.03. The van der Waals surface area contributed by atoms with Crippen LogP contribution in [0.1, 0.15) is 6.92 Å². The number of nitrogens with zero attached hydrogens (tertiary/aromatic N) is 1. The fourth-order valence-corrected chi connectivity index (χ4v) is 0.396. The Morgan fingerprint density at radius 1 is 1.86 bits per heavy atom. The molecular weight excluding hydrogens is 98.0 g/mol. The van der Waals surface area contributed by atoms with E-state index >= 15 is 0 Å². The highest BCUT2D eigenvalue weighted by Crippen LogP contribution is 2.20. The van der Waals surface area contributed by atoms with E-state index in [9.17, 15) is 10.1 Å². The summed E-state index contributed by atoms with van der Waals surface area (Å²) in [6, 6.07) is 0. The van der Waals surface area contributed by atoms with Crippen molar-refractivity contribution in [2.24, 2.45) is 0 Å². The lowest BCUT2D eigenvalue weighted by Gasteiger charge is -1.75. The fourth-order valence-electron chi connectivity index (χ4n) is 0.396. The minimum atomic E-state index is -0.708. The minimum absolute atomic E-state index is 0.157. The van der Waals surface area contributed by atoms with Crippen molar-refractivity contribution >= 4 is 0 Å². The van der Waals surface area contributed by atoms with Gasteiger partial charge in [-0.25, -0.2) is 0 Å². The first-order valence-corrected chi connectivity index (χ1v) is 2.01. The van der Waals surface area contributed by atoms with E-state index in [-0.39, 0.29) is 6.10 Å². The predicted octanol–water partition coefficient (Wildman–Crippen LogP) is 0.00790. The Morgan fingerprint density at radius 3 is 2.29 bits per heavy atom. The smallest absolute Gasteiger partial charge is 0.302 e. The number of hydrogen-bond donors (Lipinski definition) is 0. The molecule has 1 aliphatic heterocycles. The zero-order valence-corrected chi connectivity index (χ0v) is 3.83. The normalized spacial score (nSPS) is 37.9. The molecule has 4 nitrogen and oxygen atoms in total. The van der Waals surface area contributed by atoms with Crippen molar-refractivity contribution in [2.45, 2.75) is 19.3 Å². The van der Waals surface area contributed by atoms with Gasteiger partial charge < -0.3 is 4.74 Å². The summed E-state index contributed by atoms with van der Waals surface area (Å²) in [5.41, 5.74) is 0. The van der Waals surface area contributed by atoms with E-state index < -0.39 is 11.2 Å². The molecule has 0 aromatic rings. The van der Waals surface area contributed by atoms with Crippen molar-refractivity contribution in [1.29, 1.82) is 0 Å². The topological polar surface area (TPSA) is 55.7 Å². The van der Waals surface area contributed by atoms with Gasteiger partial charge in [0.2, 0.25) is 0 Å². The maximum atomic E-state index is 9.65. The second kappa shape index (κ2) is 1.16. The molecule has 2 unspecified atom stereocenters. The zero-order valence-electron chi connectivity index (χ0n) is 3.83. The second-order valence-corrected chi connectivity index (χ2v) is 1.52. The van der Waals surface area contributed by atoms with E-state index in [0.29, 0.717) is 0 Å². The van der Waals surface area contributed by atoms with Crippen molar-refractivity contribution in [3.8, 4) is 0 Å². The molecule has 0 spiro atoms. The third-order valence-electron chi connectivity index (χ3n) is 0.887. The first-order valence-electron chi connectivity index (χ1n) is 2.01. The molecule has 0 bridgehead atoms. The quantitative estimate of drug-likeness (QED) is 0.267. The molecule has 1 rings (SSSR count). The van der Waals surface area contributed by atoms with Gasteiger partial charge in [-0.1, -0.05) is 0 Å². The molecule has 0 radical (unpaired) electrons. The Morgan fingerprint density at radius 2 is 2.29 bits per heavy atom. The van der Waals surface area contributed by atoms with Crippen LogP contribution in [0, 0.1) is 10.1 Å². The van der Waals surface area contributed by atoms with E-state index in [4.69, 9.17) is 0 Å². The van der Waals surface area contributed by atoms with Crippen LogP contribution < -0.4 is 0 Å². The number of rotatable bonds is 1. The summed E-state index contributed by atoms with van der Waals surface area (Å²) in [7, 11) is 0. The van der Waals surface area contributed by atoms with E-state index in [2.05, 4.69) is 4.74 Å². The molecule has 1 heterocycles. The van der Waals surface area contributed by atoms with Crippen LogP contribution in [0.3, 0.4) is 0 Å². The Bertz CT molecular complexity index is 102. The van der Waals surface area contributed by atoms with E-state index in [0.717, 1.165) is 0 Å². The SMILES string of the molecule is CC1OC1[N+](=O)[O-]. The predicted molar refractivity (Wildman–Crippen MR) is 21.3 cm³/mol. The van der Waals surface area contributed by atoms with Gasteiger partial charge in [0.05, 0.1) is 4.92 Å². The maximum absolute atomic E-state index is 9.65. The molecule has 0 N–H and O–H groups in total. The van der Waals surface area contributed by atoms with Crippen LogP contribution >= 0.6 is 0 Å². The fraction of sp³-hybridized carbons (Fsp3) is 1.00. The van der Waals surface area contributed by atoms with Gasteiger partial charge in [-0.05, 0) is 6.92 Å². The van der Waals surface area contributed by atoms with Crippen molar-refractivity contribution in [3.63, 3.8) is 0 Å². The van der Waals surface area contributed by atoms with Crippen LogP contribution in [0.4, 0.5) is 0 Å². The van der Waals surface area contributed by atoms with Gasteiger partial charge in [0.1, 0.15) is 0 Å². The van der Waals surface area contributed by atoms with E-state index in [1.54, 1.807) is 6.92 Å². The molecule has 1 saturated heterocycles. The molecule has 1 aliphatic rings. The molecule has 40 valence electrons. The van der Waals surface area contributed by atoms with Gasteiger partial charge in [0.15, 0.2) is 6.10 Å². The summed E-state index contributed by atoms with van der Waals surface area (Å²) in [5.74, 6) is 0.